The number of aliphatic carboxylic acids is 2. The molecule has 0 heterocycles. The number of carboxylic acids is 2. The molecule has 0 aromatic heterocycles. The Labute approximate surface area is 92.5 Å². The van der Waals surface area contributed by atoms with E-state index in [4.69, 9.17) is 0 Å². The van der Waals surface area contributed by atoms with Gasteiger partial charge >= 0.3 is 0 Å². The van der Waals surface area contributed by atoms with Crippen LogP contribution in [0.5, 0.6) is 0 Å². The molecule has 0 aliphatic heterocycles. The summed E-state index contributed by atoms with van der Waals surface area (Å²) in [5, 5.41) is 21.3. The maximum atomic E-state index is 10.7. The van der Waals surface area contributed by atoms with Gasteiger partial charge in [0.15, 0.2) is 0 Å². The van der Waals surface area contributed by atoms with Crippen LogP contribution < -0.4 is 15.9 Å². The van der Waals surface area contributed by atoms with Gasteiger partial charge < -0.3 is 25.5 Å². The maximum Gasteiger partial charge on any atom is 0.132 e. The summed E-state index contributed by atoms with van der Waals surface area (Å²) < 4.78 is 0. The molecular formula is C11H12NO4-. The fourth-order valence-corrected chi connectivity index (χ4v) is 1.54. The van der Waals surface area contributed by atoms with Crippen molar-refractivity contribution in [3.63, 3.8) is 0 Å². The average Bonchev–Trinajstić information content (AvgIpc) is 2.26. The SMILES string of the molecule is [NH3+][C@@H](C(=O)[O-])[C@@H](CC(=O)[O-])c1ccccc1. The number of benzene rings is 1. The first-order valence-electron chi connectivity index (χ1n) is 4.81. The quantitative estimate of drug-likeness (QED) is 0.583. The molecule has 0 saturated carbocycles. The van der Waals surface area contributed by atoms with Gasteiger partial charge in [0, 0.05) is 11.9 Å². The van der Waals surface area contributed by atoms with Gasteiger partial charge in [-0.15, -0.1) is 0 Å². The number of carboxylic acid groups (broad SMARTS) is 2. The van der Waals surface area contributed by atoms with Crippen LogP contribution in [-0.4, -0.2) is 18.0 Å². The van der Waals surface area contributed by atoms with Crippen molar-refractivity contribution in [3.05, 3.63) is 35.9 Å². The largest absolute Gasteiger partial charge is 0.550 e. The maximum absolute atomic E-state index is 10.7. The molecule has 5 nitrogen and oxygen atoms in total. The Bertz CT molecular complexity index is 377. The van der Waals surface area contributed by atoms with Gasteiger partial charge in [-0.3, -0.25) is 0 Å². The molecule has 86 valence electrons. The van der Waals surface area contributed by atoms with Crippen LogP contribution in [0.1, 0.15) is 17.9 Å². The molecule has 0 unspecified atom stereocenters. The summed E-state index contributed by atoms with van der Waals surface area (Å²) in [7, 11) is 0. The van der Waals surface area contributed by atoms with Crippen LogP contribution in [0.15, 0.2) is 30.3 Å². The lowest BCUT2D eigenvalue weighted by molar-refractivity contribution is -0.442. The second-order valence-electron chi connectivity index (χ2n) is 3.52. The van der Waals surface area contributed by atoms with Crippen molar-refractivity contribution in [1.82, 2.24) is 0 Å². The summed E-state index contributed by atoms with van der Waals surface area (Å²) in [5.41, 5.74) is 4.02. The van der Waals surface area contributed by atoms with Crippen LogP contribution >= 0.6 is 0 Å². The zero-order chi connectivity index (χ0) is 12.1. The van der Waals surface area contributed by atoms with Crippen LogP contribution in [0.4, 0.5) is 0 Å². The van der Waals surface area contributed by atoms with Gasteiger partial charge in [-0.1, -0.05) is 30.3 Å². The van der Waals surface area contributed by atoms with Gasteiger partial charge in [0.25, 0.3) is 0 Å². The normalized spacial score (nSPS) is 14.1. The van der Waals surface area contributed by atoms with Crippen LogP contribution in [-0.2, 0) is 9.59 Å². The summed E-state index contributed by atoms with van der Waals surface area (Å²) >= 11 is 0. The molecule has 0 radical (unpaired) electrons. The first-order valence-corrected chi connectivity index (χ1v) is 4.81. The van der Waals surface area contributed by atoms with E-state index in [1.165, 1.54) is 0 Å². The van der Waals surface area contributed by atoms with Crippen molar-refractivity contribution < 1.29 is 25.5 Å². The minimum absolute atomic E-state index is 0.383. The minimum Gasteiger partial charge on any atom is -0.550 e. The molecule has 5 heteroatoms. The molecule has 0 aliphatic carbocycles. The lowest BCUT2D eigenvalue weighted by Gasteiger charge is -2.22. The Morgan fingerprint density at radius 2 is 1.75 bits per heavy atom. The van der Waals surface area contributed by atoms with Gasteiger partial charge in [-0.25, -0.2) is 0 Å². The van der Waals surface area contributed by atoms with Crippen molar-refractivity contribution in [1.29, 1.82) is 0 Å². The Kier molecular flexibility index (Phi) is 4.02. The van der Waals surface area contributed by atoms with E-state index in [2.05, 4.69) is 5.73 Å². The third-order valence-electron chi connectivity index (χ3n) is 2.40. The molecule has 0 amide bonds. The predicted octanol–water partition coefficient (Wildman–Crippen LogP) is -2.73. The van der Waals surface area contributed by atoms with Crippen LogP contribution in [0, 0.1) is 0 Å². The zero-order valence-corrected chi connectivity index (χ0v) is 8.59. The first-order chi connectivity index (χ1) is 7.52. The number of quaternary nitrogens is 1. The third kappa shape index (κ3) is 3.06. The summed E-state index contributed by atoms with van der Waals surface area (Å²) in [6, 6.07) is 7.39. The van der Waals surface area contributed by atoms with E-state index in [0.29, 0.717) is 5.56 Å². The number of hydrogen-bond donors (Lipinski definition) is 1. The molecule has 1 aromatic carbocycles. The summed E-state index contributed by atoms with van der Waals surface area (Å²) in [5.74, 6) is -3.39. The third-order valence-corrected chi connectivity index (χ3v) is 2.40. The summed E-state index contributed by atoms with van der Waals surface area (Å²) in [4.78, 5) is 21.3. The van der Waals surface area contributed by atoms with E-state index in [9.17, 15) is 19.8 Å². The van der Waals surface area contributed by atoms with Crippen molar-refractivity contribution in [3.8, 4) is 0 Å². The number of rotatable bonds is 5. The molecule has 2 atom stereocenters. The number of carbonyl (C=O) groups is 2. The fourth-order valence-electron chi connectivity index (χ4n) is 1.54. The number of hydrogen-bond acceptors (Lipinski definition) is 4. The highest BCUT2D eigenvalue weighted by atomic mass is 16.4. The highest BCUT2D eigenvalue weighted by molar-refractivity contribution is 5.73. The van der Waals surface area contributed by atoms with E-state index in [1.807, 2.05) is 0 Å². The van der Waals surface area contributed by atoms with E-state index in [1.54, 1.807) is 30.3 Å². The highest BCUT2D eigenvalue weighted by Gasteiger charge is 2.24. The van der Waals surface area contributed by atoms with Gasteiger partial charge in [-0.05, 0) is 12.0 Å². The van der Waals surface area contributed by atoms with E-state index in [-0.39, 0.29) is 6.42 Å². The zero-order valence-electron chi connectivity index (χ0n) is 8.59. The topological polar surface area (TPSA) is 108 Å². The molecule has 1 aromatic rings. The lowest BCUT2D eigenvalue weighted by atomic mass is 9.89. The lowest BCUT2D eigenvalue weighted by Crippen LogP contribution is -2.71. The second-order valence-corrected chi connectivity index (χ2v) is 3.52. The molecule has 0 fully saturated rings. The molecule has 0 bridgehead atoms. The van der Waals surface area contributed by atoms with Gasteiger partial charge in [0.2, 0.25) is 0 Å². The van der Waals surface area contributed by atoms with Crippen molar-refractivity contribution in [2.75, 3.05) is 0 Å². The van der Waals surface area contributed by atoms with Gasteiger partial charge in [0.1, 0.15) is 6.04 Å². The second kappa shape index (κ2) is 5.27. The first kappa shape index (κ1) is 12.2. The molecule has 0 saturated heterocycles. The van der Waals surface area contributed by atoms with Crippen LogP contribution in [0.3, 0.4) is 0 Å². The van der Waals surface area contributed by atoms with Crippen molar-refractivity contribution >= 4 is 11.9 Å². The molecule has 3 N–H and O–H groups in total. The molecule has 0 spiro atoms. The van der Waals surface area contributed by atoms with E-state index >= 15 is 0 Å². The smallest absolute Gasteiger partial charge is 0.132 e. The van der Waals surface area contributed by atoms with Crippen molar-refractivity contribution in [2.45, 2.75) is 18.4 Å². The molecule has 0 aliphatic rings. The van der Waals surface area contributed by atoms with Crippen LogP contribution in [0.25, 0.3) is 0 Å². The monoisotopic (exact) mass is 222 g/mol. The Morgan fingerprint density at radius 1 is 1.19 bits per heavy atom. The molecule has 1 rings (SSSR count). The van der Waals surface area contributed by atoms with Gasteiger partial charge in [0.05, 0.1) is 5.97 Å². The predicted molar refractivity (Wildman–Crippen MR) is 50.5 cm³/mol. The van der Waals surface area contributed by atoms with Crippen LogP contribution in [0.2, 0.25) is 0 Å². The average molecular weight is 222 g/mol. The number of carbonyl (C=O) groups excluding carboxylic acids is 2. The molecular weight excluding hydrogens is 210 g/mol. The van der Waals surface area contributed by atoms with E-state index < -0.39 is 23.9 Å². The van der Waals surface area contributed by atoms with E-state index in [0.717, 1.165) is 0 Å². The fraction of sp³-hybridized carbons (Fsp3) is 0.273. The Balaban J connectivity index is 2.96. The van der Waals surface area contributed by atoms with Crippen molar-refractivity contribution in [2.24, 2.45) is 0 Å². The van der Waals surface area contributed by atoms with Gasteiger partial charge in [-0.2, -0.15) is 0 Å². The Hall–Kier alpha value is -1.88. The Morgan fingerprint density at radius 3 is 2.19 bits per heavy atom. The summed E-state index contributed by atoms with van der Waals surface area (Å²) in [6.45, 7) is 0. The molecule has 16 heavy (non-hydrogen) atoms. The summed E-state index contributed by atoms with van der Waals surface area (Å²) in [6.07, 6.45) is -0.383. The standard InChI is InChI=1S/C11H13NO4/c12-10(11(15)16)8(6-9(13)14)7-4-2-1-3-5-7/h1-5,8,10H,6,12H2,(H,13,14)(H,15,16)/p-1/t8-,10+/m0/s1. The minimum atomic E-state index is -1.37. The highest BCUT2D eigenvalue weighted by Crippen LogP contribution is 2.20.